The Morgan fingerprint density at radius 1 is 0.828 bits per heavy atom. The van der Waals surface area contributed by atoms with Crippen LogP contribution < -0.4 is 10.6 Å². The fourth-order valence-corrected chi connectivity index (χ4v) is 2.86. The second-order valence-corrected chi connectivity index (χ2v) is 6.79. The number of carbonyl (C=O) groups excluding carboxylic acids is 3. The molecule has 0 aliphatic rings. The van der Waals surface area contributed by atoms with E-state index in [1.807, 2.05) is 32.0 Å². The third-order valence-corrected chi connectivity index (χ3v) is 4.41. The van der Waals surface area contributed by atoms with Crippen molar-refractivity contribution in [3.63, 3.8) is 0 Å². The molecule has 6 heteroatoms. The van der Waals surface area contributed by atoms with E-state index in [4.69, 9.17) is 0 Å². The molecule has 0 radical (unpaired) electrons. The van der Waals surface area contributed by atoms with Crippen molar-refractivity contribution in [3.05, 3.63) is 88.7 Å². The summed E-state index contributed by atoms with van der Waals surface area (Å²) in [6, 6.07) is 15.4. The van der Waals surface area contributed by atoms with E-state index >= 15 is 0 Å². The van der Waals surface area contributed by atoms with Gasteiger partial charge in [-0.3, -0.25) is 19.4 Å². The summed E-state index contributed by atoms with van der Waals surface area (Å²) in [5.41, 5.74) is 4.17. The van der Waals surface area contributed by atoms with Crippen LogP contribution >= 0.6 is 0 Å². The minimum Gasteiger partial charge on any atom is -0.322 e. The van der Waals surface area contributed by atoms with Gasteiger partial charge in [0.1, 0.15) is 5.69 Å². The number of hydrogen-bond acceptors (Lipinski definition) is 4. The highest BCUT2D eigenvalue weighted by molar-refractivity contribution is 6.08. The van der Waals surface area contributed by atoms with E-state index in [1.54, 1.807) is 24.3 Å². The maximum absolute atomic E-state index is 12.6. The molecule has 0 unspecified atom stereocenters. The number of ketones is 1. The molecule has 1 aromatic heterocycles. The predicted octanol–water partition coefficient (Wildman–Crippen LogP) is 4.41. The van der Waals surface area contributed by atoms with Crippen molar-refractivity contribution in [2.45, 2.75) is 20.8 Å². The van der Waals surface area contributed by atoms with Gasteiger partial charge in [-0.2, -0.15) is 0 Å². The second-order valence-electron chi connectivity index (χ2n) is 6.79. The molecule has 146 valence electrons. The zero-order chi connectivity index (χ0) is 21.0. The predicted molar refractivity (Wildman–Crippen MR) is 113 cm³/mol. The Bertz CT molecular complexity index is 1110. The molecule has 0 saturated carbocycles. The third-order valence-electron chi connectivity index (χ3n) is 4.41. The van der Waals surface area contributed by atoms with Crippen LogP contribution in [0.1, 0.15) is 49.3 Å². The first-order valence-electron chi connectivity index (χ1n) is 9.10. The SMILES string of the molecule is CC(=O)c1cccc(NC(=O)c2ccnc(C(=O)Nc3ccc(C)cc3C)c2)c1. The number of rotatable bonds is 5. The molecule has 0 saturated heterocycles. The van der Waals surface area contributed by atoms with Crippen LogP contribution in [-0.4, -0.2) is 22.6 Å². The molecule has 3 rings (SSSR count). The van der Waals surface area contributed by atoms with Gasteiger partial charge in [-0.1, -0.05) is 29.8 Å². The summed E-state index contributed by atoms with van der Waals surface area (Å²) in [5, 5.41) is 5.55. The molecule has 0 aliphatic heterocycles. The number of Topliss-reactive ketones (excluding diaryl/α,β-unsaturated/α-hetero) is 1. The van der Waals surface area contributed by atoms with Gasteiger partial charge in [0.25, 0.3) is 11.8 Å². The Morgan fingerprint density at radius 3 is 2.34 bits per heavy atom. The van der Waals surface area contributed by atoms with Crippen molar-refractivity contribution in [3.8, 4) is 0 Å². The van der Waals surface area contributed by atoms with Gasteiger partial charge < -0.3 is 10.6 Å². The second kappa shape index (κ2) is 8.48. The molecule has 6 nitrogen and oxygen atoms in total. The summed E-state index contributed by atoms with van der Waals surface area (Å²) in [4.78, 5) is 40.7. The molecule has 0 spiro atoms. The van der Waals surface area contributed by atoms with Crippen molar-refractivity contribution in [2.24, 2.45) is 0 Å². The fraction of sp³-hybridized carbons (Fsp3) is 0.130. The van der Waals surface area contributed by atoms with Crippen LogP contribution in [-0.2, 0) is 0 Å². The summed E-state index contributed by atoms with van der Waals surface area (Å²) < 4.78 is 0. The molecule has 29 heavy (non-hydrogen) atoms. The zero-order valence-corrected chi connectivity index (χ0v) is 16.4. The summed E-state index contributed by atoms with van der Waals surface area (Å²) in [6.45, 7) is 5.36. The smallest absolute Gasteiger partial charge is 0.274 e. The fourth-order valence-electron chi connectivity index (χ4n) is 2.86. The van der Waals surface area contributed by atoms with Crippen molar-refractivity contribution >= 4 is 29.0 Å². The van der Waals surface area contributed by atoms with Gasteiger partial charge in [0.15, 0.2) is 5.78 Å². The van der Waals surface area contributed by atoms with Gasteiger partial charge in [-0.15, -0.1) is 0 Å². The molecule has 2 amide bonds. The van der Waals surface area contributed by atoms with E-state index in [0.717, 1.165) is 11.1 Å². The molecule has 0 fully saturated rings. The number of benzene rings is 2. The Balaban J connectivity index is 1.76. The zero-order valence-electron chi connectivity index (χ0n) is 16.4. The number of carbonyl (C=O) groups is 3. The first-order valence-corrected chi connectivity index (χ1v) is 9.10. The van der Waals surface area contributed by atoms with Crippen LogP contribution in [0.3, 0.4) is 0 Å². The van der Waals surface area contributed by atoms with E-state index < -0.39 is 11.8 Å². The van der Waals surface area contributed by atoms with Crippen molar-refractivity contribution in [2.75, 3.05) is 10.6 Å². The Labute approximate surface area is 169 Å². The van der Waals surface area contributed by atoms with E-state index in [0.29, 0.717) is 22.5 Å². The molecular formula is C23H21N3O3. The number of nitrogens with zero attached hydrogens (tertiary/aromatic N) is 1. The normalized spacial score (nSPS) is 10.3. The first kappa shape index (κ1) is 19.9. The third kappa shape index (κ3) is 4.93. The van der Waals surface area contributed by atoms with Crippen molar-refractivity contribution in [1.82, 2.24) is 4.98 Å². The summed E-state index contributed by atoms with van der Waals surface area (Å²) in [6.07, 6.45) is 1.41. The van der Waals surface area contributed by atoms with Crippen LogP contribution in [0.15, 0.2) is 60.8 Å². The van der Waals surface area contributed by atoms with Gasteiger partial charge >= 0.3 is 0 Å². The molecule has 2 N–H and O–H groups in total. The molecule has 0 aliphatic carbocycles. The standard InChI is InChI=1S/C23H21N3O3/c1-14-7-8-20(15(2)11-14)26-23(29)21-13-18(9-10-24-21)22(28)25-19-6-4-5-17(12-19)16(3)27/h4-13H,1-3H3,(H,25,28)(H,26,29). The van der Waals surface area contributed by atoms with Gasteiger partial charge in [-0.05, 0) is 56.7 Å². The summed E-state index contributed by atoms with van der Waals surface area (Å²) in [5.74, 6) is -0.880. The van der Waals surface area contributed by atoms with Crippen LogP contribution in [0.4, 0.5) is 11.4 Å². The van der Waals surface area contributed by atoms with Crippen LogP contribution in [0, 0.1) is 13.8 Å². The van der Waals surface area contributed by atoms with Gasteiger partial charge in [0.05, 0.1) is 0 Å². The maximum Gasteiger partial charge on any atom is 0.274 e. The van der Waals surface area contributed by atoms with Crippen LogP contribution in [0.2, 0.25) is 0 Å². The largest absolute Gasteiger partial charge is 0.322 e. The van der Waals surface area contributed by atoms with Gasteiger partial charge in [0, 0.05) is 28.7 Å². The quantitative estimate of drug-likeness (QED) is 0.635. The minimum absolute atomic E-state index is 0.0876. The van der Waals surface area contributed by atoms with Gasteiger partial charge in [0.2, 0.25) is 0 Å². The Kier molecular flexibility index (Phi) is 5.83. The molecular weight excluding hydrogens is 366 g/mol. The number of amides is 2. The molecule has 1 heterocycles. The Morgan fingerprint density at radius 2 is 1.62 bits per heavy atom. The number of pyridine rings is 1. The highest BCUT2D eigenvalue weighted by Gasteiger charge is 2.14. The Hall–Kier alpha value is -3.80. The van der Waals surface area contributed by atoms with Crippen molar-refractivity contribution < 1.29 is 14.4 Å². The van der Waals surface area contributed by atoms with E-state index in [9.17, 15) is 14.4 Å². The number of aryl methyl sites for hydroxylation is 2. The number of hydrogen-bond donors (Lipinski definition) is 2. The molecule has 0 bridgehead atoms. The van der Waals surface area contributed by atoms with E-state index in [1.165, 1.54) is 25.3 Å². The van der Waals surface area contributed by atoms with Crippen LogP contribution in [0.25, 0.3) is 0 Å². The topological polar surface area (TPSA) is 88.2 Å². The van der Waals surface area contributed by atoms with E-state index in [2.05, 4.69) is 15.6 Å². The average molecular weight is 387 g/mol. The van der Waals surface area contributed by atoms with Crippen LogP contribution in [0.5, 0.6) is 0 Å². The lowest BCUT2D eigenvalue weighted by Gasteiger charge is -2.10. The van der Waals surface area contributed by atoms with E-state index in [-0.39, 0.29) is 11.5 Å². The average Bonchev–Trinajstić information content (AvgIpc) is 2.70. The lowest BCUT2D eigenvalue weighted by molar-refractivity contribution is 0.100. The maximum atomic E-state index is 12.6. The monoisotopic (exact) mass is 387 g/mol. The summed E-state index contributed by atoms with van der Waals surface area (Å²) >= 11 is 0. The lowest BCUT2D eigenvalue weighted by atomic mass is 10.1. The molecule has 2 aromatic carbocycles. The first-order chi connectivity index (χ1) is 13.8. The molecule has 0 atom stereocenters. The summed E-state index contributed by atoms with van der Waals surface area (Å²) in [7, 11) is 0. The lowest BCUT2D eigenvalue weighted by Crippen LogP contribution is -2.17. The highest BCUT2D eigenvalue weighted by atomic mass is 16.2. The number of nitrogens with one attached hydrogen (secondary N) is 2. The number of anilines is 2. The highest BCUT2D eigenvalue weighted by Crippen LogP contribution is 2.17. The molecule has 3 aromatic rings. The minimum atomic E-state index is -0.398. The van der Waals surface area contributed by atoms with Crippen molar-refractivity contribution in [1.29, 1.82) is 0 Å². The van der Waals surface area contributed by atoms with Gasteiger partial charge in [-0.25, -0.2) is 0 Å². The number of aromatic nitrogens is 1.